The number of esters is 1. The molecule has 10 heteroatoms. The number of rotatable bonds is 6. The van der Waals surface area contributed by atoms with Crippen molar-refractivity contribution in [3.63, 3.8) is 0 Å². The number of benzene rings is 2. The molecule has 0 bridgehead atoms. The number of hydrogen-bond acceptors (Lipinski definition) is 6. The first kappa shape index (κ1) is 23.9. The van der Waals surface area contributed by atoms with E-state index in [1.54, 1.807) is 26.0 Å². The van der Waals surface area contributed by atoms with Crippen LogP contribution in [0.15, 0.2) is 48.5 Å². The summed E-state index contributed by atoms with van der Waals surface area (Å²) in [6.07, 6.45) is -4.40. The Balaban J connectivity index is 1.39. The predicted octanol–water partition coefficient (Wildman–Crippen LogP) is 4.97. The lowest BCUT2D eigenvalue weighted by Gasteiger charge is -2.10. The highest BCUT2D eigenvalue weighted by Crippen LogP contribution is 2.27. The van der Waals surface area contributed by atoms with Gasteiger partial charge in [0.25, 0.3) is 11.6 Å². The van der Waals surface area contributed by atoms with Crippen LogP contribution >= 0.6 is 0 Å². The third kappa shape index (κ3) is 5.14. The zero-order chi connectivity index (χ0) is 25.2. The number of fused-ring (bicyclic) bond motifs is 1. The van der Waals surface area contributed by atoms with Crippen molar-refractivity contribution < 1.29 is 22.7 Å². The second-order valence-electron chi connectivity index (χ2n) is 7.92. The Morgan fingerprint density at radius 3 is 2.49 bits per heavy atom. The van der Waals surface area contributed by atoms with Gasteiger partial charge in [-0.2, -0.15) is 23.4 Å². The largest absolute Gasteiger partial charge is 0.461 e. The summed E-state index contributed by atoms with van der Waals surface area (Å²) in [4.78, 5) is 19.9. The fourth-order valence-electron chi connectivity index (χ4n) is 3.77. The first-order valence-corrected chi connectivity index (χ1v) is 10.7. The second kappa shape index (κ2) is 9.54. The van der Waals surface area contributed by atoms with Gasteiger partial charge >= 0.3 is 12.1 Å². The number of alkyl halides is 3. The zero-order valence-corrected chi connectivity index (χ0v) is 18.9. The smallest absolute Gasteiger partial charge is 0.453 e. The number of aryl methyl sites for hydroxylation is 2. The van der Waals surface area contributed by atoms with E-state index in [1.165, 1.54) is 0 Å². The minimum Gasteiger partial charge on any atom is -0.461 e. The molecule has 0 fully saturated rings. The van der Waals surface area contributed by atoms with Crippen molar-refractivity contribution in [2.75, 3.05) is 0 Å². The van der Waals surface area contributed by atoms with Gasteiger partial charge in [0.2, 0.25) is 0 Å². The van der Waals surface area contributed by atoms with E-state index in [0.29, 0.717) is 22.5 Å². The lowest BCUT2D eigenvalue weighted by molar-refractivity contribution is -0.145. The fourth-order valence-corrected chi connectivity index (χ4v) is 3.77. The van der Waals surface area contributed by atoms with Gasteiger partial charge in [0.15, 0.2) is 0 Å². The summed E-state index contributed by atoms with van der Waals surface area (Å²) in [6.45, 7) is 3.34. The van der Waals surface area contributed by atoms with Crippen molar-refractivity contribution >= 4 is 11.7 Å². The molecule has 0 aliphatic rings. The Bertz CT molecular complexity index is 1440. The molecule has 178 valence electrons. The van der Waals surface area contributed by atoms with Crippen LogP contribution in [0.2, 0.25) is 0 Å². The second-order valence-corrected chi connectivity index (χ2v) is 7.92. The molecular formula is C25H20F3N5O2. The summed E-state index contributed by atoms with van der Waals surface area (Å²) >= 11 is 0. The number of carbonyl (C=O) groups is 1. The van der Waals surface area contributed by atoms with E-state index in [0.717, 1.165) is 21.2 Å². The molecule has 0 aliphatic heterocycles. The lowest BCUT2D eigenvalue weighted by Crippen LogP contribution is -2.11. The van der Waals surface area contributed by atoms with Crippen LogP contribution in [-0.4, -0.2) is 25.6 Å². The van der Waals surface area contributed by atoms with Gasteiger partial charge in [-0.3, -0.25) is 4.79 Å². The van der Waals surface area contributed by atoms with Crippen LogP contribution in [0.1, 0.15) is 40.3 Å². The molecule has 0 N–H and O–H groups in total. The minimum atomic E-state index is -4.67. The minimum absolute atomic E-state index is 0.0311. The average molecular weight is 479 g/mol. The Morgan fingerprint density at radius 2 is 1.80 bits per heavy atom. The quantitative estimate of drug-likeness (QED) is 0.363. The summed E-state index contributed by atoms with van der Waals surface area (Å²) in [5.74, 6) is -1.84. The van der Waals surface area contributed by atoms with Crippen molar-refractivity contribution in [2.24, 2.45) is 0 Å². The van der Waals surface area contributed by atoms with Gasteiger partial charge in [0.05, 0.1) is 11.6 Å². The summed E-state index contributed by atoms with van der Waals surface area (Å²) in [5, 5.41) is 12.8. The highest BCUT2D eigenvalue weighted by molar-refractivity contribution is 5.71. The normalized spacial score (nSPS) is 11.4. The maximum Gasteiger partial charge on any atom is 0.453 e. The van der Waals surface area contributed by atoms with Crippen LogP contribution in [-0.2, 0) is 28.7 Å². The molecule has 7 nitrogen and oxygen atoms in total. The molecule has 0 saturated heterocycles. The van der Waals surface area contributed by atoms with Crippen LogP contribution in [0.25, 0.3) is 16.9 Å². The van der Waals surface area contributed by atoms with E-state index in [1.807, 2.05) is 36.4 Å². The van der Waals surface area contributed by atoms with E-state index in [9.17, 15) is 23.2 Å². The number of aromatic nitrogens is 4. The standard InChI is InChI=1S/C25H20F3N5O2/c1-15-20(16(2)33-24(30-15)31-23(32-33)25(26,27)28)11-12-22(34)35-14-17-7-9-18(10-8-17)21-6-4-3-5-19(21)13-29/h3-10H,11-12,14H2,1-2H3. The van der Waals surface area contributed by atoms with Gasteiger partial charge in [-0.25, -0.2) is 9.50 Å². The van der Waals surface area contributed by atoms with E-state index >= 15 is 0 Å². The molecule has 0 unspecified atom stereocenters. The number of nitrogens with zero attached hydrogens (tertiary/aromatic N) is 5. The molecule has 2 aromatic carbocycles. The first-order valence-electron chi connectivity index (χ1n) is 10.7. The molecule has 4 aromatic rings. The zero-order valence-electron chi connectivity index (χ0n) is 18.9. The number of hydrogen-bond donors (Lipinski definition) is 0. The third-order valence-electron chi connectivity index (χ3n) is 5.59. The molecular weight excluding hydrogens is 459 g/mol. The molecule has 0 aliphatic carbocycles. The van der Waals surface area contributed by atoms with E-state index in [4.69, 9.17) is 4.74 Å². The van der Waals surface area contributed by atoms with Crippen LogP contribution < -0.4 is 0 Å². The van der Waals surface area contributed by atoms with Crippen molar-refractivity contribution in [3.05, 3.63) is 82.4 Å². The molecule has 0 radical (unpaired) electrons. The number of nitriles is 1. The van der Waals surface area contributed by atoms with E-state index in [-0.39, 0.29) is 25.2 Å². The maximum absolute atomic E-state index is 12.9. The number of ether oxygens (including phenoxy) is 1. The monoisotopic (exact) mass is 479 g/mol. The molecule has 0 spiro atoms. The third-order valence-corrected chi connectivity index (χ3v) is 5.59. The molecule has 35 heavy (non-hydrogen) atoms. The van der Waals surface area contributed by atoms with Crippen molar-refractivity contribution in [2.45, 2.75) is 39.5 Å². The topological polar surface area (TPSA) is 93.2 Å². The molecule has 0 atom stereocenters. The van der Waals surface area contributed by atoms with Gasteiger partial charge in [0.1, 0.15) is 6.61 Å². The Labute approximate surface area is 198 Å². The Hall–Kier alpha value is -4.26. The lowest BCUT2D eigenvalue weighted by atomic mass is 9.99. The van der Waals surface area contributed by atoms with Crippen molar-refractivity contribution in [1.29, 1.82) is 5.26 Å². The molecule has 2 aromatic heterocycles. The summed E-state index contributed by atoms with van der Waals surface area (Å²) in [5.41, 5.74) is 4.61. The average Bonchev–Trinajstić information content (AvgIpc) is 3.28. The van der Waals surface area contributed by atoms with E-state index < -0.39 is 18.0 Å². The summed E-state index contributed by atoms with van der Waals surface area (Å²) in [6, 6.07) is 16.8. The molecule has 0 amide bonds. The highest BCUT2D eigenvalue weighted by atomic mass is 19.4. The fraction of sp³-hybridized carbons (Fsp3) is 0.240. The van der Waals surface area contributed by atoms with Gasteiger partial charge < -0.3 is 4.74 Å². The predicted molar refractivity (Wildman–Crippen MR) is 120 cm³/mol. The van der Waals surface area contributed by atoms with Crippen LogP contribution in [0, 0.1) is 25.2 Å². The van der Waals surface area contributed by atoms with Gasteiger partial charge in [-0.1, -0.05) is 42.5 Å². The SMILES string of the molecule is Cc1nc2nc(C(F)(F)F)nn2c(C)c1CCC(=O)OCc1ccc(-c2ccccc2C#N)cc1. The first-order chi connectivity index (χ1) is 16.7. The Kier molecular flexibility index (Phi) is 6.51. The van der Waals surface area contributed by atoms with Crippen LogP contribution in [0.3, 0.4) is 0 Å². The Morgan fingerprint density at radius 1 is 1.09 bits per heavy atom. The van der Waals surface area contributed by atoms with Gasteiger partial charge in [-0.15, -0.1) is 5.10 Å². The maximum atomic E-state index is 12.9. The molecule has 2 heterocycles. The summed E-state index contributed by atoms with van der Waals surface area (Å²) in [7, 11) is 0. The molecule has 0 saturated carbocycles. The number of halogens is 3. The van der Waals surface area contributed by atoms with Gasteiger partial charge in [-0.05, 0) is 48.6 Å². The van der Waals surface area contributed by atoms with E-state index in [2.05, 4.69) is 21.1 Å². The highest BCUT2D eigenvalue weighted by Gasteiger charge is 2.37. The summed E-state index contributed by atoms with van der Waals surface area (Å²) < 4.78 is 45.2. The number of carbonyl (C=O) groups excluding carboxylic acids is 1. The van der Waals surface area contributed by atoms with Crippen LogP contribution in [0.4, 0.5) is 13.2 Å². The molecule has 4 rings (SSSR count). The van der Waals surface area contributed by atoms with Crippen molar-refractivity contribution in [1.82, 2.24) is 19.6 Å². The van der Waals surface area contributed by atoms with Gasteiger partial charge in [0, 0.05) is 17.8 Å². The van der Waals surface area contributed by atoms with Crippen LogP contribution in [0.5, 0.6) is 0 Å². The van der Waals surface area contributed by atoms with Crippen molar-refractivity contribution in [3.8, 4) is 17.2 Å².